The van der Waals surface area contributed by atoms with Crippen LogP contribution < -0.4 is 16.2 Å². The minimum atomic E-state index is -0.237. The SMILES string of the molecule is N#Cc1c(N)nc(N)nc1-c1cccc(OC(=O)C2CC2)c1. The van der Waals surface area contributed by atoms with Crippen molar-refractivity contribution in [2.45, 2.75) is 12.8 Å². The number of benzene rings is 1. The molecular formula is C15H13N5O2. The summed E-state index contributed by atoms with van der Waals surface area (Å²) in [7, 11) is 0. The number of aromatic nitrogens is 2. The van der Waals surface area contributed by atoms with Crippen molar-refractivity contribution >= 4 is 17.7 Å². The molecule has 3 rings (SSSR count). The summed E-state index contributed by atoms with van der Waals surface area (Å²) in [6.45, 7) is 0. The lowest BCUT2D eigenvalue weighted by atomic mass is 10.1. The van der Waals surface area contributed by atoms with Crippen molar-refractivity contribution in [3.05, 3.63) is 29.8 Å². The van der Waals surface area contributed by atoms with Crippen LogP contribution in [0.15, 0.2) is 24.3 Å². The van der Waals surface area contributed by atoms with Gasteiger partial charge in [-0.2, -0.15) is 10.2 Å². The van der Waals surface area contributed by atoms with Crippen LogP contribution in [0.5, 0.6) is 5.75 Å². The van der Waals surface area contributed by atoms with Crippen molar-refractivity contribution < 1.29 is 9.53 Å². The highest BCUT2D eigenvalue weighted by molar-refractivity contribution is 5.79. The number of carbonyl (C=O) groups excluding carboxylic acids is 1. The van der Waals surface area contributed by atoms with Gasteiger partial charge in [-0.15, -0.1) is 0 Å². The first-order valence-electron chi connectivity index (χ1n) is 6.73. The van der Waals surface area contributed by atoms with E-state index < -0.39 is 0 Å². The summed E-state index contributed by atoms with van der Waals surface area (Å²) < 4.78 is 5.31. The van der Waals surface area contributed by atoms with Crippen LogP contribution in [0, 0.1) is 17.2 Å². The summed E-state index contributed by atoms with van der Waals surface area (Å²) in [5.74, 6) is 0.161. The fourth-order valence-electron chi connectivity index (χ4n) is 2.04. The van der Waals surface area contributed by atoms with Crippen molar-refractivity contribution in [2.24, 2.45) is 5.92 Å². The van der Waals surface area contributed by atoms with E-state index in [1.807, 2.05) is 6.07 Å². The van der Waals surface area contributed by atoms with E-state index in [4.69, 9.17) is 16.2 Å². The molecule has 4 N–H and O–H groups in total. The summed E-state index contributed by atoms with van der Waals surface area (Å²) in [5, 5.41) is 9.21. The smallest absolute Gasteiger partial charge is 0.314 e. The van der Waals surface area contributed by atoms with E-state index in [2.05, 4.69) is 9.97 Å². The molecule has 7 heteroatoms. The van der Waals surface area contributed by atoms with E-state index in [1.54, 1.807) is 24.3 Å². The first-order valence-corrected chi connectivity index (χ1v) is 6.73. The Morgan fingerprint density at radius 3 is 2.77 bits per heavy atom. The molecule has 0 saturated heterocycles. The summed E-state index contributed by atoms with van der Waals surface area (Å²) in [5.41, 5.74) is 12.3. The van der Waals surface area contributed by atoms with Crippen molar-refractivity contribution in [2.75, 3.05) is 11.5 Å². The number of hydrogen-bond donors (Lipinski definition) is 2. The fourth-order valence-corrected chi connectivity index (χ4v) is 2.04. The highest BCUT2D eigenvalue weighted by atomic mass is 16.5. The van der Waals surface area contributed by atoms with E-state index in [1.165, 1.54) is 0 Å². The molecule has 1 aliphatic carbocycles. The quantitative estimate of drug-likeness (QED) is 0.648. The molecule has 110 valence electrons. The Morgan fingerprint density at radius 2 is 2.09 bits per heavy atom. The van der Waals surface area contributed by atoms with E-state index in [-0.39, 0.29) is 29.2 Å². The maximum Gasteiger partial charge on any atom is 0.314 e. The summed E-state index contributed by atoms with van der Waals surface area (Å²) >= 11 is 0. The molecule has 1 fully saturated rings. The number of nitrogen functional groups attached to an aromatic ring is 2. The molecular weight excluding hydrogens is 282 g/mol. The van der Waals surface area contributed by atoms with Crippen LogP contribution in [0.1, 0.15) is 18.4 Å². The number of nitriles is 1. The Balaban J connectivity index is 1.98. The zero-order valence-electron chi connectivity index (χ0n) is 11.6. The fraction of sp³-hybridized carbons (Fsp3) is 0.200. The van der Waals surface area contributed by atoms with Gasteiger partial charge in [0.25, 0.3) is 0 Å². The number of anilines is 2. The van der Waals surface area contributed by atoms with Crippen LogP contribution >= 0.6 is 0 Å². The lowest BCUT2D eigenvalue weighted by Crippen LogP contribution is -2.10. The van der Waals surface area contributed by atoms with Crippen LogP contribution in [0.3, 0.4) is 0 Å². The molecule has 2 aromatic rings. The highest BCUT2D eigenvalue weighted by Gasteiger charge is 2.31. The van der Waals surface area contributed by atoms with Crippen molar-refractivity contribution in [1.82, 2.24) is 9.97 Å². The molecule has 0 radical (unpaired) electrons. The second-order valence-corrected chi connectivity index (χ2v) is 5.03. The number of nitrogens with zero attached hydrogens (tertiary/aromatic N) is 3. The predicted molar refractivity (Wildman–Crippen MR) is 79.4 cm³/mol. The summed E-state index contributed by atoms with van der Waals surface area (Å²) in [6, 6.07) is 8.70. The minimum Gasteiger partial charge on any atom is -0.426 e. The molecule has 22 heavy (non-hydrogen) atoms. The number of rotatable bonds is 3. The monoisotopic (exact) mass is 295 g/mol. The van der Waals surface area contributed by atoms with E-state index in [9.17, 15) is 10.1 Å². The van der Waals surface area contributed by atoms with E-state index in [0.717, 1.165) is 12.8 Å². The van der Waals surface area contributed by atoms with Gasteiger partial charge in [0.2, 0.25) is 5.95 Å². The van der Waals surface area contributed by atoms with Gasteiger partial charge >= 0.3 is 5.97 Å². The largest absolute Gasteiger partial charge is 0.426 e. The van der Waals surface area contributed by atoms with Gasteiger partial charge in [-0.25, -0.2) is 4.98 Å². The molecule has 0 bridgehead atoms. The van der Waals surface area contributed by atoms with Crippen LogP contribution in [-0.2, 0) is 4.79 Å². The third-order valence-electron chi connectivity index (χ3n) is 3.30. The van der Waals surface area contributed by atoms with Gasteiger partial charge in [0.05, 0.1) is 11.6 Å². The van der Waals surface area contributed by atoms with Crippen molar-refractivity contribution in [3.63, 3.8) is 0 Å². The van der Waals surface area contributed by atoms with Crippen molar-refractivity contribution in [3.8, 4) is 23.1 Å². The summed E-state index contributed by atoms with van der Waals surface area (Å²) in [6.07, 6.45) is 1.74. The highest BCUT2D eigenvalue weighted by Crippen LogP contribution is 2.32. The third kappa shape index (κ3) is 2.67. The molecule has 1 aromatic heterocycles. The standard InChI is InChI=1S/C15H13N5O2/c16-7-11-12(19-15(18)20-13(11)17)9-2-1-3-10(6-9)22-14(21)8-4-5-8/h1-3,6,8H,4-5H2,(H4,17,18,19,20). The molecule has 0 aliphatic heterocycles. The molecule has 0 spiro atoms. The third-order valence-corrected chi connectivity index (χ3v) is 3.30. The number of carbonyl (C=O) groups is 1. The van der Waals surface area contributed by atoms with E-state index >= 15 is 0 Å². The van der Waals surface area contributed by atoms with Gasteiger partial charge in [-0.3, -0.25) is 4.79 Å². The van der Waals surface area contributed by atoms with Gasteiger partial charge in [0, 0.05) is 5.56 Å². The molecule has 0 atom stereocenters. The van der Waals surface area contributed by atoms with Crippen LogP contribution in [0.2, 0.25) is 0 Å². The van der Waals surface area contributed by atoms with Gasteiger partial charge in [-0.1, -0.05) is 12.1 Å². The Bertz CT molecular complexity index is 793. The lowest BCUT2D eigenvalue weighted by molar-refractivity contribution is -0.135. The Morgan fingerprint density at radius 1 is 1.32 bits per heavy atom. The maximum absolute atomic E-state index is 11.7. The molecule has 1 heterocycles. The normalized spacial score (nSPS) is 13.4. The second-order valence-electron chi connectivity index (χ2n) is 5.03. The molecule has 1 aliphatic rings. The first-order chi connectivity index (χ1) is 10.6. The molecule has 0 amide bonds. The maximum atomic E-state index is 11.7. The molecule has 7 nitrogen and oxygen atoms in total. The predicted octanol–water partition coefficient (Wildman–Crippen LogP) is 1.50. The lowest BCUT2D eigenvalue weighted by Gasteiger charge is -2.08. The zero-order valence-corrected chi connectivity index (χ0v) is 11.6. The molecule has 1 saturated carbocycles. The van der Waals surface area contributed by atoms with Gasteiger partial charge in [0.1, 0.15) is 23.2 Å². The van der Waals surface area contributed by atoms with Gasteiger partial charge in [0.15, 0.2) is 0 Å². The van der Waals surface area contributed by atoms with Gasteiger partial charge in [-0.05, 0) is 25.0 Å². The Labute approximate surface area is 126 Å². The topological polar surface area (TPSA) is 128 Å². The second kappa shape index (κ2) is 5.33. The number of hydrogen-bond acceptors (Lipinski definition) is 7. The van der Waals surface area contributed by atoms with Crippen LogP contribution in [0.4, 0.5) is 11.8 Å². The van der Waals surface area contributed by atoms with Crippen LogP contribution in [-0.4, -0.2) is 15.9 Å². The number of nitrogens with two attached hydrogens (primary N) is 2. The molecule has 1 aromatic carbocycles. The minimum absolute atomic E-state index is 0.00339. The zero-order chi connectivity index (χ0) is 15.7. The molecule has 0 unspecified atom stereocenters. The van der Waals surface area contributed by atoms with Crippen molar-refractivity contribution in [1.29, 1.82) is 5.26 Å². The van der Waals surface area contributed by atoms with E-state index in [0.29, 0.717) is 17.0 Å². The van der Waals surface area contributed by atoms with Gasteiger partial charge < -0.3 is 16.2 Å². The first kappa shape index (κ1) is 13.8. The Hall–Kier alpha value is -3.14. The average molecular weight is 295 g/mol. The number of ether oxygens (including phenoxy) is 1. The Kier molecular flexibility index (Phi) is 3.35. The summed E-state index contributed by atoms with van der Waals surface area (Å²) in [4.78, 5) is 19.5. The van der Waals surface area contributed by atoms with Crippen LogP contribution in [0.25, 0.3) is 11.3 Å². The average Bonchev–Trinajstić information content (AvgIpc) is 3.31. The number of esters is 1.